The van der Waals surface area contributed by atoms with Crippen LogP contribution in [0.15, 0.2) is 5.16 Å². The number of piperidine rings is 2. The molecule has 0 aromatic heterocycles. The molecule has 2 atom stereocenters. The lowest BCUT2D eigenvalue weighted by molar-refractivity contribution is 0.249. The molecule has 7 heteroatoms. The molecule has 0 aromatic rings. The average molecular weight is 289 g/mol. The highest BCUT2D eigenvalue weighted by atomic mass is 32.2. The van der Waals surface area contributed by atoms with Crippen LogP contribution in [0.25, 0.3) is 0 Å². The maximum Gasteiger partial charge on any atom is 0.282 e. The van der Waals surface area contributed by atoms with Crippen LogP contribution in [0, 0.1) is 11.8 Å². The normalized spacial score (nSPS) is 33.7. The molecule has 2 aliphatic rings. The third-order valence-corrected chi connectivity index (χ3v) is 6.03. The molecule has 0 spiro atoms. The standard InChI is InChI=1S/C12H23N3O3S/c1-10-4-3-6-14(8-10)19(17,18)15-7-5-12(13-16)11(2)9-15/h10-11,16H,3-9H2,1-2H3. The number of hydrogen-bond donors (Lipinski definition) is 1. The molecule has 2 rings (SSSR count). The van der Waals surface area contributed by atoms with Gasteiger partial charge in [0.15, 0.2) is 0 Å². The summed E-state index contributed by atoms with van der Waals surface area (Å²) in [4.78, 5) is 0. The fourth-order valence-electron chi connectivity index (χ4n) is 2.87. The molecule has 0 radical (unpaired) electrons. The van der Waals surface area contributed by atoms with E-state index in [4.69, 9.17) is 5.21 Å². The van der Waals surface area contributed by atoms with Gasteiger partial charge in [-0.25, -0.2) is 0 Å². The number of rotatable bonds is 2. The Bertz CT molecular complexity index is 449. The summed E-state index contributed by atoms with van der Waals surface area (Å²) >= 11 is 0. The summed E-state index contributed by atoms with van der Waals surface area (Å²) in [5, 5.41) is 12.1. The van der Waals surface area contributed by atoms with Crippen molar-refractivity contribution >= 4 is 15.9 Å². The highest BCUT2D eigenvalue weighted by Crippen LogP contribution is 2.24. The second-order valence-corrected chi connectivity index (χ2v) is 7.64. The number of nitrogens with zero attached hydrogens (tertiary/aromatic N) is 3. The van der Waals surface area contributed by atoms with Crippen LogP contribution in [0.1, 0.15) is 33.1 Å². The van der Waals surface area contributed by atoms with Gasteiger partial charge in [-0.1, -0.05) is 19.0 Å². The van der Waals surface area contributed by atoms with E-state index in [0.717, 1.165) is 12.8 Å². The Morgan fingerprint density at radius 1 is 1.21 bits per heavy atom. The first-order chi connectivity index (χ1) is 8.95. The van der Waals surface area contributed by atoms with Gasteiger partial charge in [-0.2, -0.15) is 17.0 Å². The minimum atomic E-state index is -3.35. The molecule has 19 heavy (non-hydrogen) atoms. The average Bonchev–Trinajstić information content (AvgIpc) is 2.38. The van der Waals surface area contributed by atoms with E-state index in [-0.39, 0.29) is 5.92 Å². The fourth-order valence-corrected chi connectivity index (χ4v) is 4.73. The van der Waals surface area contributed by atoms with Crippen molar-refractivity contribution in [2.75, 3.05) is 26.2 Å². The van der Waals surface area contributed by atoms with Gasteiger partial charge in [-0.15, -0.1) is 0 Å². The Labute approximate surface area is 115 Å². The Kier molecular flexibility index (Phi) is 4.47. The molecular formula is C12H23N3O3S. The summed E-state index contributed by atoms with van der Waals surface area (Å²) in [6.45, 7) is 6.06. The first-order valence-corrected chi connectivity index (χ1v) is 8.31. The van der Waals surface area contributed by atoms with Crippen LogP contribution in [-0.2, 0) is 10.2 Å². The molecule has 6 nitrogen and oxygen atoms in total. The van der Waals surface area contributed by atoms with Crippen LogP contribution in [0.3, 0.4) is 0 Å². The molecule has 0 bridgehead atoms. The quantitative estimate of drug-likeness (QED) is 0.612. The molecule has 0 amide bonds. The third kappa shape index (κ3) is 3.09. The van der Waals surface area contributed by atoms with Gasteiger partial charge in [0.1, 0.15) is 0 Å². The topological polar surface area (TPSA) is 73.2 Å². The van der Waals surface area contributed by atoms with Gasteiger partial charge in [0.2, 0.25) is 0 Å². The molecule has 2 saturated heterocycles. The highest BCUT2D eigenvalue weighted by Gasteiger charge is 2.36. The second kappa shape index (κ2) is 5.76. The lowest BCUT2D eigenvalue weighted by Crippen LogP contribution is -2.51. The van der Waals surface area contributed by atoms with E-state index in [9.17, 15) is 8.42 Å². The summed E-state index contributed by atoms with van der Waals surface area (Å²) in [5.41, 5.74) is 0.693. The van der Waals surface area contributed by atoms with Gasteiger partial charge in [0, 0.05) is 38.5 Å². The van der Waals surface area contributed by atoms with Crippen LogP contribution >= 0.6 is 0 Å². The van der Waals surface area contributed by atoms with Crippen molar-refractivity contribution < 1.29 is 13.6 Å². The maximum atomic E-state index is 12.6. The van der Waals surface area contributed by atoms with E-state index in [1.807, 2.05) is 6.92 Å². The van der Waals surface area contributed by atoms with Crippen molar-refractivity contribution in [3.8, 4) is 0 Å². The zero-order chi connectivity index (χ0) is 14.0. The molecule has 110 valence electrons. The summed E-state index contributed by atoms with van der Waals surface area (Å²) in [6.07, 6.45) is 2.55. The molecule has 1 N–H and O–H groups in total. The summed E-state index contributed by atoms with van der Waals surface area (Å²) in [5.74, 6) is 0.413. The van der Waals surface area contributed by atoms with Crippen LogP contribution in [0.2, 0.25) is 0 Å². The Morgan fingerprint density at radius 2 is 1.89 bits per heavy atom. The maximum absolute atomic E-state index is 12.6. The van der Waals surface area contributed by atoms with E-state index >= 15 is 0 Å². The van der Waals surface area contributed by atoms with Crippen molar-refractivity contribution in [3.63, 3.8) is 0 Å². The van der Waals surface area contributed by atoms with Crippen LogP contribution in [0.5, 0.6) is 0 Å². The van der Waals surface area contributed by atoms with Gasteiger partial charge in [0.05, 0.1) is 5.71 Å². The highest BCUT2D eigenvalue weighted by molar-refractivity contribution is 7.86. The SMILES string of the molecule is CC1CCCN(S(=O)(=O)N2CCC(=NO)C(C)C2)C1. The summed E-state index contributed by atoms with van der Waals surface area (Å²) in [7, 11) is -3.35. The smallest absolute Gasteiger partial charge is 0.282 e. The van der Waals surface area contributed by atoms with Crippen LogP contribution in [-0.4, -0.2) is 54.1 Å². The Morgan fingerprint density at radius 3 is 2.47 bits per heavy atom. The van der Waals surface area contributed by atoms with Gasteiger partial charge >= 0.3 is 0 Å². The van der Waals surface area contributed by atoms with E-state index in [0.29, 0.717) is 44.2 Å². The number of hydrogen-bond acceptors (Lipinski definition) is 4. The second-order valence-electron chi connectivity index (χ2n) is 5.71. The van der Waals surface area contributed by atoms with Gasteiger partial charge in [0.25, 0.3) is 10.2 Å². The molecule has 2 unspecified atom stereocenters. The predicted octanol–water partition coefficient (Wildman–Crippen LogP) is 1.14. The molecule has 0 aliphatic carbocycles. The molecule has 2 aliphatic heterocycles. The zero-order valence-electron chi connectivity index (χ0n) is 11.6. The van der Waals surface area contributed by atoms with Gasteiger partial charge < -0.3 is 5.21 Å². The molecular weight excluding hydrogens is 266 g/mol. The van der Waals surface area contributed by atoms with Crippen molar-refractivity contribution in [3.05, 3.63) is 0 Å². The van der Waals surface area contributed by atoms with Crippen LogP contribution in [0.4, 0.5) is 0 Å². The summed E-state index contributed by atoms with van der Waals surface area (Å²) in [6, 6.07) is 0. The number of oxime groups is 1. The molecule has 0 aromatic carbocycles. The first-order valence-electron chi connectivity index (χ1n) is 6.91. The minimum Gasteiger partial charge on any atom is -0.411 e. The predicted molar refractivity (Wildman–Crippen MR) is 73.5 cm³/mol. The minimum absolute atomic E-state index is 0.0178. The van der Waals surface area contributed by atoms with Crippen molar-refractivity contribution in [1.82, 2.24) is 8.61 Å². The van der Waals surface area contributed by atoms with Crippen molar-refractivity contribution in [2.24, 2.45) is 17.0 Å². The summed E-state index contributed by atoms with van der Waals surface area (Å²) < 4.78 is 28.3. The lowest BCUT2D eigenvalue weighted by atomic mass is 10.00. The van der Waals surface area contributed by atoms with Crippen molar-refractivity contribution in [2.45, 2.75) is 33.1 Å². The Balaban J connectivity index is 2.08. The van der Waals surface area contributed by atoms with Gasteiger partial charge in [-0.05, 0) is 18.8 Å². The fraction of sp³-hybridized carbons (Fsp3) is 0.917. The zero-order valence-corrected chi connectivity index (χ0v) is 12.4. The van der Waals surface area contributed by atoms with Crippen LogP contribution < -0.4 is 0 Å². The van der Waals surface area contributed by atoms with Crippen molar-refractivity contribution in [1.29, 1.82) is 0 Å². The monoisotopic (exact) mass is 289 g/mol. The van der Waals surface area contributed by atoms with Gasteiger partial charge in [-0.3, -0.25) is 0 Å². The van der Waals surface area contributed by atoms with E-state index < -0.39 is 10.2 Å². The Hall–Kier alpha value is -0.660. The molecule has 2 heterocycles. The molecule has 0 saturated carbocycles. The third-order valence-electron chi connectivity index (χ3n) is 4.06. The first kappa shape index (κ1) is 14.7. The van der Waals surface area contributed by atoms with E-state index in [1.165, 1.54) is 4.31 Å². The van der Waals surface area contributed by atoms with E-state index in [2.05, 4.69) is 12.1 Å². The van der Waals surface area contributed by atoms with E-state index in [1.54, 1.807) is 4.31 Å². The molecule has 2 fully saturated rings. The lowest BCUT2D eigenvalue weighted by Gasteiger charge is -2.37. The largest absolute Gasteiger partial charge is 0.411 e.